The highest BCUT2D eigenvalue weighted by atomic mass is 16.5. The van der Waals surface area contributed by atoms with E-state index < -0.39 is 0 Å². The smallest absolute Gasteiger partial charge is 0.119 e. The van der Waals surface area contributed by atoms with Crippen molar-refractivity contribution >= 4 is 0 Å². The van der Waals surface area contributed by atoms with Crippen molar-refractivity contribution in [2.24, 2.45) is 5.92 Å². The Labute approximate surface area is 110 Å². The summed E-state index contributed by atoms with van der Waals surface area (Å²) in [4.78, 5) is 0. The molecule has 3 nitrogen and oxygen atoms in total. The fourth-order valence-corrected chi connectivity index (χ4v) is 1.49. The second kappa shape index (κ2) is 9.92. The maximum atomic E-state index is 5.59. The van der Waals surface area contributed by atoms with Crippen LogP contribution < -0.4 is 10.1 Å². The largest absolute Gasteiger partial charge is 0.494 e. The minimum Gasteiger partial charge on any atom is -0.494 e. The lowest BCUT2D eigenvalue weighted by atomic mass is 10.2. The third-order valence-electron chi connectivity index (χ3n) is 2.38. The quantitative estimate of drug-likeness (QED) is 0.649. The predicted molar refractivity (Wildman–Crippen MR) is 75.1 cm³/mol. The minimum absolute atomic E-state index is 0.615. The van der Waals surface area contributed by atoms with Gasteiger partial charge < -0.3 is 14.8 Å². The molecule has 0 radical (unpaired) electrons. The summed E-state index contributed by atoms with van der Waals surface area (Å²) in [5.41, 5.74) is 0. The fourth-order valence-electron chi connectivity index (χ4n) is 1.49. The molecule has 3 heteroatoms. The van der Waals surface area contributed by atoms with Gasteiger partial charge in [-0.15, -0.1) is 0 Å². The van der Waals surface area contributed by atoms with Gasteiger partial charge in [-0.1, -0.05) is 32.0 Å². The van der Waals surface area contributed by atoms with E-state index in [0.717, 1.165) is 45.1 Å². The first-order valence-electron chi connectivity index (χ1n) is 6.75. The Morgan fingerprint density at radius 1 is 1.06 bits per heavy atom. The summed E-state index contributed by atoms with van der Waals surface area (Å²) in [5, 5.41) is 3.34. The number of nitrogens with one attached hydrogen (secondary N) is 1. The molecule has 0 bridgehead atoms. The van der Waals surface area contributed by atoms with E-state index in [0.29, 0.717) is 5.92 Å². The molecular weight excluding hydrogens is 226 g/mol. The van der Waals surface area contributed by atoms with Crippen LogP contribution in [-0.2, 0) is 4.74 Å². The van der Waals surface area contributed by atoms with Crippen LogP contribution >= 0.6 is 0 Å². The number of rotatable bonds is 10. The van der Waals surface area contributed by atoms with Crippen molar-refractivity contribution < 1.29 is 9.47 Å². The molecule has 0 fully saturated rings. The topological polar surface area (TPSA) is 30.5 Å². The van der Waals surface area contributed by atoms with E-state index in [-0.39, 0.29) is 0 Å². The van der Waals surface area contributed by atoms with Crippen molar-refractivity contribution in [3.05, 3.63) is 30.3 Å². The molecule has 1 aromatic carbocycles. The lowest BCUT2D eigenvalue weighted by Gasteiger charge is -2.08. The van der Waals surface area contributed by atoms with Crippen molar-refractivity contribution in [2.45, 2.75) is 20.3 Å². The van der Waals surface area contributed by atoms with Gasteiger partial charge >= 0.3 is 0 Å². The zero-order chi connectivity index (χ0) is 13.1. The van der Waals surface area contributed by atoms with Gasteiger partial charge in [0.05, 0.1) is 13.2 Å². The first kappa shape index (κ1) is 15.0. The molecule has 0 saturated carbocycles. The lowest BCUT2D eigenvalue weighted by Crippen LogP contribution is -2.22. The highest BCUT2D eigenvalue weighted by molar-refractivity contribution is 5.20. The maximum absolute atomic E-state index is 5.59. The molecule has 0 saturated heterocycles. The molecule has 0 aromatic heterocycles. The van der Waals surface area contributed by atoms with Crippen LogP contribution in [0.1, 0.15) is 20.3 Å². The second-order valence-electron chi connectivity index (χ2n) is 4.73. The van der Waals surface area contributed by atoms with Gasteiger partial charge in [-0.3, -0.25) is 0 Å². The Kier molecular flexibility index (Phi) is 8.26. The normalized spacial score (nSPS) is 10.8. The van der Waals surface area contributed by atoms with E-state index in [9.17, 15) is 0 Å². The number of para-hydroxylation sites is 1. The van der Waals surface area contributed by atoms with Gasteiger partial charge in [0, 0.05) is 13.2 Å². The van der Waals surface area contributed by atoms with Gasteiger partial charge in [-0.05, 0) is 31.0 Å². The molecule has 18 heavy (non-hydrogen) atoms. The Hall–Kier alpha value is -1.06. The van der Waals surface area contributed by atoms with Gasteiger partial charge in [-0.2, -0.15) is 0 Å². The first-order valence-corrected chi connectivity index (χ1v) is 6.75. The summed E-state index contributed by atoms with van der Waals surface area (Å²) in [7, 11) is 0. The third-order valence-corrected chi connectivity index (χ3v) is 2.38. The number of hydrogen-bond acceptors (Lipinski definition) is 3. The van der Waals surface area contributed by atoms with Crippen LogP contribution in [0.3, 0.4) is 0 Å². The zero-order valence-corrected chi connectivity index (χ0v) is 11.5. The number of hydrogen-bond donors (Lipinski definition) is 1. The SMILES string of the molecule is CC(C)COCCNCCCOc1ccccc1. The van der Waals surface area contributed by atoms with Gasteiger partial charge in [0.1, 0.15) is 5.75 Å². The monoisotopic (exact) mass is 251 g/mol. The highest BCUT2D eigenvalue weighted by Crippen LogP contribution is 2.07. The summed E-state index contributed by atoms with van der Waals surface area (Å²) in [5.74, 6) is 1.56. The molecule has 0 aliphatic heterocycles. The Morgan fingerprint density at radius 2 is 1.83 bits per heavy atom. The van der Waals surface area contributed by atoms with Crippen molar-refractivity contribution in [2.75, 3.05) is 32.9 Å². The van der Waals surface area contributed by atoms with Crippen LogP contribution in [0, 0.1) is 5.92 Å². The van der Waals surface area contributed by atoms with E-state index in [1.54, 1.807) is 0 Å². The van der Waals surface area contributed by atoms with Gasteiger partial charge in [-0.25, -0.2) is 0 Å². The Morgan fingerprint density at radius 3 is 2.56 bits per heavy atom. The van der Waals surface area contributed by atoms with Crippen molar-refractivity contribution in [1.29, 1.82) is 0 Å². The van der Waals surface area contributed by atoms with Gasteiger partial charge in [0.2, 0.25) is 0 Å². The average Bonchev–Trinajstić information content (AvgIpc) is 2.37. The third kappa shape index (κ3) is 8.09. The Bertz CT molecular complexity index is 288. The second-order valence-corrected chi connectivity index (χ2v) is 4.73. The molecule has 0 aliphatic rings. The summed E-state index contributed by atoms with van der Waals surface area (Å²) < 4.78 is 11.1. The van der Waals surface area contributed by atoms with Crippen molar-refractivity contribution in [3.63, 3.8) is 0 Å². The molecule has 1 aromatic rings. The minimum atomic E-state index is 0.615. The van der Waals surface area contributed by atoms with E-state index in [1.807, 2.05) is 30.3 Å². The van der Waals surface area contributed by atoms with Crippen LogP contribution in [0.4, 0.5) is 0 Å². The molecule has 0 amide bonds. The molecule has 0 unspecified atom stereocenters. The number of ether oxygens (including phenoxy) is 2. The van der Waals surface area contributed by atoms with Gasteiger partial charge in [0.15, 0.2) is 0 Å². The molecule has 0 aliphatic carbocycles. The number of benzene rings is 1. The van der Waals surface area contributed by atoms with Crippen LogP contribution in [-0.4, -0.2) is 32.9 Å². The Balaban J connectivity index is 1.84. The molecule has 1 N–H and O–H groups in total. The van der Waals surface area contributed by atoms with Crippen LogP contribution in [0.2, 0.25) is 0 Å². The fraction of sp³-hybridized carbons (Fsp3) is 0.600. The highest BCUT2D eigenvalue weighted by Gasteiger charge is 1.94. The summed E-state index contributed by atoms with van der Waals surface area (Å²) in [6.45, 7) is 8.60. The summed E-state index contributed by atoms with van der Waals surface area (Å²) in [6, 6.07) is 9.92. The summed E-state index contributed by atoms with van der Waals surface area (Å²) in [6.07, 6.45) is 1.01. The van der Waals surface area contributed by atoms with E-state index in [1.165, 1.54) is 0 Å². The van der Waals surface area contributed by atoms with Crippen LogP contribution in [0.5, 0.6) is 5.75 Å². The van der Waals surface area contributed by atoms with Crippen molar-refractivity contribution in [1.82, 2.24) is 5.32 Å². The van der Waals surface area contributed by atoms with E-state index in [2.05, 4.69) is 19.2 Å². The van der Waals surface area contributed by atoms with Crippen LogP contribution in [0.25, 0.3) is 0 Å². The van der Waals surface area contributed by atoms with E-state index in [4.69, 9.17) is 9.47 Å². The molecule has 0 heterocycles. The molecule has 1 rings (SSSR count). The standard InChI is InChI=1S/C15H25NO2/c1-14(2)13-17-12-10-16-9-6-11-18-15-7-4-3-5-8-15/h3-5,7-8,14,16H,6,9-13H2,1-2H3. The molecule has 0 atom stereocenters. The first-order chi connectivity index (χ1) is 8.79. The predicted octanol–water partition coefficient (Wildman–Crippen LogP) is 2.72. The van der Waals surface area contributed by atoms with Crippen LogP contribution in [0.15, 0.2) is 30.3 Å². The maximum Gasteiger partial charge on any atom is 0.119 e. The molecule has 102 valence electrons. The van der Waals surface area contributed by atoms with Crippen molar-refractivity contribution in [3.8, 4) is 5.75 Å². The summed E-state index contributed by atoms with van der Waals surface area (Å²) >= 11 is 0. The van der Waals surface area contributed by atoms with E-state index >= 15 is 0 Å². The zero-order valence-electron chi connectivity index (χ0n) is 11.5. The molecular formula is C15H25NO2. The molecule has 0 spiro atoms. The lowest BCUT2D eigenvalue weighted by molar-refractivity contribution is 0.111. The average molecular weight is 251 g/mol. The van der Waals surface area contributed by atoms with Gasteiger partial charge in [0.25, 0.3) is 0 Å².